The third-order valence-electron chi connectivity index (χ3n) is 7.63. The van der Waals surface area contributed by atoms with E-state index in [1.165, 1.54) is 19.3 Å². The van der Waals surface area contributed by atoms with Gasteiger partial charge in [0.25, 0.3) is 0 Å². The van der Waals surface area contributed by atoms with Crippen molar-refractivity contribution >= 4 is 28.4 Å². The van der Waals surface area contributed by atoms with Crippen molar-refractivity contribution in [3.8, 4) is 11.1 Å². The van der Waals surface area contributed by atoms with Crippen molar-refractivity contribution in [3.63, 3.8) is 0 Å². The fourth-order valence-electron chi connectivity index (χ4n) is 5.43. The first kappa shape index (κ1) is 28.7. The minimum Gasteiger partial charge on any atom is -0.375 e. The van der Waals surface area contributed by atoms with Gasteiger partial charge in [-0.05, 0) is 73.9 Å². The van der Waals surface area contributed by atoms with Gasteiger partial charge in [0, 0.05) is 37.4 Å². The molecule has 2 heterocycles. The van der Waals surface area contributed by atoms with Crippen molar-refractivity contribution in [1.29, 1.82) is 0 Å². The molecule has 3 atom stereocenters. The van der Waals surface area contributed by atoms with Crippen LogP contribution in [0.25, 0.3) is 22.0 Å². The van der Waals surface area contributed by atoms with Gasteiger partial charge in [-0.2, -0.15) is 18.3 Å². The number of aromatic nitrogens is 3. The maximum absolute atomic E-state index is 15.1. The van der Waals surface area contributed by atoms with Crippen molar-refractivity contribution in [2.24, 2.45) is 18.9 Å². The van der Waals surface area contributed by atoms with Crippen molar-refractivity contribution in [2.75, 3.05) is 5.32 Å². The summed E-state index contributed by atoms with van der Waals surface area (Å²) in [6.45, 7) is 4.14. The molecular weight excluding hydrogens is 516 g/mol. The topological polar surface area (TPSA) is 97.1 Å². The molecule has 210 valence electrons. The van der Waals surface area contributed by atoms with Crippen molar-refractivity contribution in [1.82, 2.24) is 14.8 Å². The van der Waals surface area contributed by atoms with Gasteiger partial charge < -0.3 is 10.4 Å². The molecular formula is C28H32F4N4O3. The third-order valence-corrected chi connectivity index (χ3v) is 7.63. The molecule has 0 bridgehead atoms. The number of aliphatic hydroxyl groups is 1. The highest BCUT2D eigenvalue weighted by molar-refractivity contribution is 5.93. The summed E-state index contributed by atoms with van der Waals surface area (Å²) >= 11 is 0. The van der Waals surface area contributed by atoms with Crippen molar-refractivity contribution in [3.05, 3.63) is 41.5 Å². The van der Waals surface area contributed by atoms with Crippen LogP contribution in [0, 0.1) is 24.6 Å². The standard InChI is InChI=1S/C28H32F4N4O3/c1-5-19(37)10-16-7-6-8-17(9-16)26(38)34-23-13-20(15(2)14-33-23)18-11-21-24(22(29)12-18)35-36(4)25(21)27(3,39)28(30,31)32/h11-14,16-17,39H,5-10H2,1-4H3,(H,33,34,38)/t16-,17+,27?/m1/s1. The SMILES string of the molecule is CCC(=O)C[C@@H]1CCC[C@H](C(=O)Nc2cc(-c3cc(F)c4nn(C)c(C(C)(O)C(F)(F)F)c4c3)c(C)cn2)C1. The number of alkyl halides is 3. The normalized spacial score (nSPS) is 19.6. The van der Waals surface area contributed by atoms with Crippen LogP contribution in [-0.2, 0) is 22.2 Å². The number of ketones is 1. The number of pyridine rings is 1. The van der Waals surface area contributed by atoms with E-state index in [2.05, 4.69) is 15.4 Å². The van der Waals surface area contributed by atoms with Gasteiger partial charge in [-0.1, -0.05) is 13.3 Å². The molecule has 1 saturated carbocycles. The molecule has 2 aromatic heterocycles. The van der Waals surface area contributed by atoms with Gasteiger partial charge in [0.2, 0.25) is 5.91 Å². The summed E-state index contributed by atoms with van der Waals surface area (Å²) in [6.07, 6.45) is 0.490. The van der Waals surface area contributed by atoms with Gasteiger partial charge in [-0.3, -0.25) is 14.3 Å². The van der Waals surface area contributed by atoms with Gasteiger partial charge in [0.1, 0.15) is 17.1 Å². The van der Waals surface area contributed by atoms with E-state index >= 15 is 4.39 Å². The van der Waals surface area contributed by atoms with E-state index in [-0.39, 0.29) is 45.8 Å². The van der Waals surface area contributed by atoms with E-state index in [9.17, 15) is 27.9 Å². The number of nitrogens with one attached hydrogen (secondary N) is 1. The zero-order chi connectivity index (χ0) is 28.7. The Morgan fingerprint density at radius 1 is 1.21 bits per heavy atom. The van der Waals surface area contributed by atoms with Crippen LogP contribution in [-0.4, -0.2) is 37.7 Å². The summed E-state index contributed by atoms with van der Waals surface area (Å²) in [4.78, 5) is 29.2. The number of anilines is 1. The molecule has 0 aliphatic heterocycles. The molecule has 1 aliphatic rings. The molecule has 1 amide bonds. The van der Waals surface area contributed by atoms with Gasteiger partial charge in [0.05, 0.1) is 5.69 Å². The van der Waals surface area contributed by atoms with Crippen LogP contribution < -0.4 is 5.32 Å². The van der Waals surface area contributed by atoms with Crippen LogP contribution in [0.15, 0.2) is 24.4 Å². The Morgan fingerprint density at radius 3 is 2.59 bits per heavy atom. The number of Topliss-reactive ketones (excluding diaryl/α,β-unsaturated/α-hetero) is 1. The largest absolute Gasteiger partial charge is 0.422 e. The molecule has 0 saturated heterocycles. The number of halogens is 4. The molecule has 11 heteroatoms. The Kier molecular flexibility index (Phi) is 7.84. The number of hydrogen-bond donors (Lipinski definition) is 2. The summed E-state index contributed by atoms with van der Waals surface area (Å²) in [7, 11) is 1.22. The van der Waals surface area contributed by atoms with Crippen molar-refractivity contribution in [2.45, 2.75) is 71.1 Å². The number of fused-ring (bicyclic) bond motifs is 1. The van der Waals surface area contributed by atoms with E-state index in [0.29, 0.717) is 43.7 Å². The lowest BCUT2D eigenvalue weighted by atomic mass is 9.78. The number of nitrogens with zero attached hydrogens (tertiary/aromatic N) is 3. The first-order valence-corrected chi connectivity index (χ1v) is 13.0. The second-order valence-corrected chi connectivity index (χ2v) is 10.6. The highest BCUT2D eigenvalue weighted by Gasteiger charge is 2.54. The molecule has 39 heavy (non-hydrogen) atoms. The molecule has 4 rings (SSSR count). The van der Waals surface area contributed by atoms with Crippen molar-refractivity contribution < 1.29 is 32.3 Å². The van der Waals surface area contributed by atoms with Crippen LogP contribution in [0.1, 0.15) is 63.6 Å². The fraction of sp³-hybridized carbons (Fsp3) is 0.500. The maximum atomic E-state index is 15.1. The predicted molar refractivity (Wildman–Crippen MR) is 138 cm³/mol. The van der Waals surface area contributed by atoms with Gasteiger partial charge in [-0.25, -0.2) is 9.37 Å². The predicted octanol–water partition coefficient (Wildman–Crippen LogP) is 5.97. The lowest BCUT2D eigenvalue weighted by Gasteiger charge is -2.28. The van der Waals surface area contributed by atoms with E-state index < -0.39 is 23.3 Å². The third kappa shape index (κ3) is 5.68. The number of benzene rings is 1. The molecule has 3 aromatic rings. The number of aryl methyl sites for hydroxylation is 2. The lowest BCUT2D eigenvalue weighted by molar-refractivity contribution is -0.260. The van der Waals surface area contributed by atoms with Crippen LogP contribution >= 0.6 is 0 Å². The van der Waals surface area contributed by atoms with E-state index in [4.69, 9.17) is 0 Å². The highest BCUT2D eigenvalue weighted by Crippen LogP contribution is 2.42. The average molecular weight is 549 g/mol. The number of amides is 1. The molecule has 0 spiro atoms. The molecule has 2 N–H and O–H groups in total. The van der Waals surface area contributed by atoms with Gasteiger partial charge in [0.15, 0.2) is 11.4 Å². The lowest BCUT2D eigenvalue weighted by Crippen LogP contribution is -2.41. The van der Waals surface area contributed by atoms with Crippen LogP contribution in [0.4, 0.5) is 23.4 Å². The summed E-state index contributed by atoms with van der Waals surface area (Å²) in [6, 6.07) is 4.06. The number of rotatable bonds is 7. The molecule has 1 aromatic carbocycles. The Labute approximate surface area is 223 Å². The Hall–Kier alpha value is -3.34. The average Bonchev–Trinajstić information content (AvgIpc) is 3.21. The summed E-state index contributed by atoms with van der Waals surface area (Å²) in [5.74, 6) is -0.760. The quantitative estimate of drug-likeness (QED) is 0.355. The first-order chi connectivity index (χ1) is 18.2. The molecule has 0 radical (unpaired) electrons. The molecule has 1 unspecified atom stereocenters. The van der Waals surface area contributed by atoms with Crippen LogP contribution in [0.2, 0.25) is 0 Å². The van der Waals surface area contributed by atoms with Gasteiger partial charge >= 0.3 is 6.18 Å². The van der Waals surface area contributed by atoms with Crippen LogP contribution in [0.3, 0.4) is 0 Å². The first-order valence-electron chi connectivity index (χ1n) is 13.0. The molecule has 7 nitrogen and oxygen atoms in total. The Morgan fingerprint density at radius 2 is 1.92 bits per heavy atom. The van der Waals surface area contributed by atoms with Crippen LogP contribution in [0.5, 0.6) is 0 Å². The van der Waals surface area contributed by atoms with E-state index in [0.717, 1.165) is 23.6 Å². The van der Waals surface area contributed by atoms with Gasteiger partial charge in [-0.15, -0.1) is 0 Å². The van der Waals surface area contributed by atoms with E-state index in [1.807, 2.05) is 6.92 Å². The minimum absolute atomic E-state index is 0.167. The summed E-state index contributed by atoms with van der Waals surface area (Å²) in [5, 5.41) is 16.9. The molecule has 1 fully saturated rings. The number of carbonyl (C=O) groups excluding carboxylic acids is 2. The maximum Gasteiger partial charge on any atom is 0.422 e. The smallest absolute Gasteiger partial charge is 0.375 e. The fourth-order valence-corrected chi connectivity index (χ4v) is 5.43. The minimum atomic E-state index is -5.02. The van der Waals surface area contributed by atoms with E-state index in [1.54, 1.807) is 13.0 Å². The Bertz CT molecular complexity index is 1410. The number of carbonyl (C=O) groups is 2. The molecule has 1 aliphatic carbocycles. The second-order valence-electron chi connectivity index (χ2n) is 10.6. The second kappa shape index (κ2) is 10.7. The highest BCUT2D eigenvalue weighted by atomic mass is 19.4. The summed E-state index contributed by atoms with van der Waals surface area (Å²) < 4.78 is 57.0. The number of hydrogen-bond acceptors (Lipinski definition) is 5. The zero-order valence-corrected chi connectivity index (χ0v) is 22.3. The summed E-state index contributed by atoms with van der Waals surface area (Å²) in [5.41, 5.74) is -2.84. The Balaban J connectivity index is 1.65. The zero-order valence-electron chi connectivity index (χ0n) is 22.3. The monoisotopic (exact) mass is 548 g/mol.